The van der Waals surface area contributed by atoms with Gasteiger partial charge in [-0.1, -0.05) is 0 Å². The van der Waals surface area contributed by atoms with Gasteiger partial charge in [0, 0.05) is 6.54 Å². The van der Waals surface area contributed by atoms with Gasteiger partial charge in [-0.25, -0.2) is 13.1 Å². The molecular formula is C11H16BrNO4S. The summed E-state index contributed by atoms with van der Waals surface area (Å²) in [4.78, 5) is 0. The van der Waals surface area contributed by atoms with Gasteiger partial charge in [-0.2, -0.15) is 0 Å². The van der Waals surface area contributed by atoms with E-state index in [4.69, 9.17) is 4.74 Å². The third kappa shape index (κ3) is 4.15. The van der Waals surface area contributed by atoms with Gasteiger partial charge < -0.3 is 9.84 Å². The van der Waals surface area contributed by atoms with Crippen LogP contribution in [0, 0.1) is 0 Å². The van der Waals surface area contributed by atoms with Crippen molar-refractivity contribution in [2.75, 3.05) is 19.4 Å². The number of rotatable bonds is 6. The SMILES string of the molecule is CCS(=O)(=O)NCCc1cc(Br)c(O)c(OC)c1. The Labute approximate surface area is 115 Å². The smallest absolute Gasteiger partial charge is 0.211 e. The number of methoxy groups -OCH3 is 1. The summed E-state index contributed by atoms with van der Waals surface area (Å²) in [5.41, 5.74) is 0.871. The lowest BCUT2D eigenvalue weighted by Crippen LogP contribution is -2.27. The summed E-state index contributed by atoms with van der Waals surface area (Å²) in [5, 5.41) is 9.63. The molecule has 0 aliphatic heterocycles. The number of phenolic OH excluding ortho intramolecular Hbond substituents is 1. The van der Waals surface area contributed by atoms with E-state index < -0.39 is 10.0 Å². The molecule has 2 N–H and O–H groups in total. The number of phenols is 1. The van der Waals surface area contributed by atoms with Crippen molar-refractivity contribution < 1.29 is 18.3 Å². The van der Waals surface area contributed by atoms with Crippen LogP contribution in [0.25, 0.3) is 0 Å². The molecule has 0 radical (unpaired) electrons. The molecule has 0 aliphatic rings. The van der Waals surface area contributed by atoms with Gasteiger partial charge in [-0.15, -0.1) is 0 Å². The lowest BCUT2D eigenvalue weighted by Gasteiger charge is -2.09. The van der Waals surface area contributed by atoms with Crippen molar-refractivity contribution in [3.63, 3.8) is 0 Å². The number of hydrogen-bond acceptors (Lipinski definition) is 4. The Hall–Kier alpha value is -0.790. The maximum atomic E-state index is 11.2. The number of ether oxygens (including phenoxy) is 1. The highest BCUT2D eigenvalue weighted by Gasteiger charge is 2.10. The number of sulfonamides is 1. The highest BCUT2D eigenvalue weighted by molar-refractivity contribution is 9.10. The summed E-state index contributed by atoms with van der Waals surface area (Å²) >= 11 is 3.21. The average molecular weight is 338 g/mol. The molecule has 5 nitrogen and oxygen atoms in total. The first-order chi connectivity index (χ1) is 8.39. The fourth-order valence-corrected chi connectivity index (χ4v) is 2.49. The van der Waals surface area contributed by atoms with Gasteiger partial charge in [-0.05, 0) is 47.0 Å². The highest BCUT2D eigenvalue weighted by atomic mass is 79.9. The number of benzene rings is 1. The summed E-state index contributed by atoms with van der Waals surface area (Å²) in [6.45, 7) is 1.90. The maximum absolute atomic E-state index is 11.2. The molecular weight excluding hydrogens is 322 g/mol. The molecule has 0 heterocycles. The molecule has 0 amide bonds. The first kappa shape index (κ1) is 15.3. The van der Waals surface area contributed by atoms with Crippen molar-refractivity contribution in [2.24, 2.45) is 0 Å². The predicted octanol–water partition coefficient (Wildman–Crippen LogP) is 1.65. The summed E-state index contributed by atoms with van der Waals surface area (Å²) in [6, 6.07) is 3.42. The molecule has 0 spiro atoms. The molecule has 0 atom stereocenters. The van der Waals surface area contributed by atoms with E-state index in [2.05, 4.69) is 20.7 Å². The number of hydrogen-bond donors (Lipinski definition) is 2. The van der Waals surface area contributed by atoms with E-state index in [1.807, 2.05) is 0 Å². The van der Waals surface area contributed by atoms with Crippen LogP contribution in [0.2, 0.25) is 0 Å². The molecule has 0 unspecified atom stereocenters. The second kappa shape index (κ2) is 6.40. The van der Waals surface area contributed by atoms with E-state index in [9.17, 15) is 13.5 Å². The van der Waals surface area contributed by atoms with Crippen LogP contribution in [0.1, 0.15) is 12.5 Å². The first-order valence-corrected chi connectivity index (χ1v) is 7.87. The second-order valence-electron chi connectivity index (χ2n) is 3.68. The topological polar surface area (TPSA) is 75.6 Å². The van der Waals surface area contributed by atoms with E-state index in [1.165, 1.54) is 7.11 Å². The van der Waals surface area contributed by atoms with Crippen LogP contribution < -0.4 is 9.46 Å². The van der Waals surface area contributed by atoms with Crippen LogP contribution in [-0.4, -0.2) is 32.9 Å². The van der Waals surface area contributed by atoms with Crippen molar-refractivity contribution in [2.45, 2.75) is 13.3 Å². The third-order valence-electron chi connectivity index (χ3n) is 2.42. The van der Waals surface area contributed by atoms with Gasteiger partial charge >= 0.3 is 0 Å². The van der Waals surface area contributed by atoms with Crippen molar-refractivity contribution >= 4 is 26.0 Å². The second-order valence-corrected chi connectivity index (χ2v) is 6.63. The van der Waals surface area contributed by atoms with E-state index in [0.29, 0.717) is 23.2 Å². The Bertz CT molecular complexity index is 516. The Morgan fingerprint density at radius 1 is 1.44 bits per heavy atom. The molecule has 1 aromatic carbocycles. The van der Waals surface area contributed by atoms with Crippen molar-refractivity contribution in [3.05, 3.63) is 22.2 Å². The van der Waals surface area contributed by atoms with Crippen LogP contribution in [0.3, 0.4) is 0 Å². The minimum Gasteiger partial charge on any atom is -0.503 e. The minimum absolute atomic E-state index is 0.0374. The molecule has 0 aromatic heterocycles. The van der Waals surface area contributed by atoms with Crippen LogP contribution in [0.4, 0.5) is 0 Å². The van der Waals surface area contributed by atoms with E-state index in [-0.39, 0.29) is 11.5 Å². The van der Waals surface area contributed by atoms with Gasteiger partial charge in [0.1, 0.15) is 0 Å². The molecule has 0 aliphatic carbocycles. The van der Waals surface area contributed by atoms with Gasteiger partial charge in [0.15, 0.2) is 11.5 Å². The highest BCUT2D eigenvalue weighted by Crippen LogP contribution is 2.35. The maximum Gasteiger partial charge on any atom is 0.211 e. The zero-order chi connectivity index (χ0) is 13.8. The molecule has 0 fully saturated rings. The van der Waals surface area contributed by atoms with E-state index >= 15 is 0 Å². The fourth-order valence-electron chi connectivity index (χ4n) is 1.38. The van der Waals surface area contributed by atoms with Crippen molar-refractivity contribution in [1.82, 2.24) is 4.72 Å². The summed E-state index contributed by atoms with van der Waals surface area (Å²) < 4.78 is 30.5. The van der Waals surface area contributed by atoms with Crippen molar-refractivity contribution in [3.8, 4) is 11.5 Å². The Morgan fingerprint density at radius 3 is 2.67 bits per heavy atom. The lowest BCUT2D eigenvalue weighted by atomic mass is 10.1. The average Bonchev–Trinajstić information content (AvgIpc) is 2.33. The largest absolute Gasteiger partial charge is 0.503 e. The van der Waals surface area contributed by atoms with Crippen LogP contribution >= 0.6 is 15.9 Å². The zero-order valence-corrected chi connectivity index (χ0v) is 12.6. The van der Waals surface area contributed by atoms with Crippen LogP contribution in [0.5, 0.6) is 11.5 Å². The molecule has 0 saturated carbocycles. The number of halogens is 1. The molecule has 0 bridgehead atoms. The predicted molar refractivity (Wildman–Crippen MR) is 73.5 cm³/mol. The minimum atomic E-state index is -3.17. The normalized spacial score (nSPS) is 11.5. The molecule has 1 rings (SSSR count). The first-order valence-electron chi connectivity index (χ1n) is 5.42. The summed E-state index contributed by atoms with van der Waals surface area (Å²) in [6.07, 6.45) is 0.522. The quantitative estimate of drug-likeness (QED) is 0.827. The van der Waals surface area contributed by atoms with E-state index in [0.717, 1.165) is 5.56 Å². The number of nitrogens with one attached hydrogen (secondary N) is 1. The molecule has 102 valence electrons. The Balaban J connectivity index is 2.72. The van der Waals surface area contributed by atoms with Gasteiger partial charge in [-0.3, -0.25) is 0 Å². The van der Waals surface area contributed by atoms with Crippen LogP contribution in [-0.2, 0) is 16.4 Å². The van der Waals surface area contributed by atoms with Gasteiger partial charge in [0.05, 0.1) is 17.3 Å². The monoisotopic (exact) mass is 337 g/mol. The number of aromatic hydroxyl groups is 1. The molecule has 1 aromatic rings. The zero-order valence-electron chi connectivity index (χ0n) is 10.2. The third-order valence-corrected chi connectivity index (χ3v) is 4.43. The van der Waals surface area contributed by atoms with Gasteiger partial charge in [0.25, 0.3) is 0 Å². The van der Waals surface area contributed by atoms with E-state index in [1.54, 1.807) is 19.1 Å². The lowest BCUT2D eigenvalue weighted by molar-refractivity contribution is 0.371. The van der Waals surface area contributed by atoms with Crippen molar-refractivity contribution in [1.29, 1.82) is 0 Å². The molecule has 18 heavy (non-hydrogen) atoms. The Kier molecular flexibility index (Phi) is 5.43. The standard InChI is InChI=1S/C11H16BrNO4S/c1-3-18(15,16)13-5-4-8-6-9(12)11(14)10(7-8)17-2/h6-7,13-14H,3-5H2,1-2H3. The van der Waals surface area contributed by atoms with Crippen LogP contribution in [0.15, 0.2) is 16.6 Å². The van der Waals surface area contributed by atoms with Gasteiger partial charge in [0.2, 0.25) is 10.0 Å². The molecule has 7 heteroatoms. The summed E-state index contributed by atoms with van der Waals surface area (Å²) in [5.74, 6) is 0.461. The fraction of sp³-hybridized carbons (Fsp3) is 0.455. The molecule has 0 saturated heterocycles. The Morgan fingerprint density at radius 2 is 2.11 bits per heavy atom. The summed E-state index contributed by atoms with van der Waals surface area (Å²) in [7, 11) is -1.70.